The maximum atomic E-state index is 6.22. The van der Waals surface area contributed by atoms with E-state index in [0.29, 0.717) is 16.5 Å². The molecule has 0 fully saturated rings. The van der Waals surface area contributed by atoms with Crippen LogP contribution in [0.4, 0.5) is 0 Å². The summed E-state index contributed by atoms with van der Waals surface area (Å²) < 4.78 is 0. The van der Waals surface area contributed by atoms with Gasteiger partial charge in [0.25, 0.3) is 0 Å². The first-order valence-corrected chi connectivity index (χ1v) is 7.31. The van der Waals surface area contributed by atoms with Gasteiger partial charge in [0.1, 0.15) is 0 Å². The molecule has 2 aromatic rings. The van der Waals surface area contributed by atoms with E-state index < -0.39 is 0 Å². The van der Waals surface area contributed by atoms with Crippen LogP contribution in [0.25, 0.3) is 0 Å². The molecular formula is C15H15Cl3N2. The number of hydrazine groups is 1. The fourth-order valence-corrected chi connectivity index (χ4v) is 2.60. The maximum absolute atomic E-state index is 6.22. The molecule has 0 bridgehead atoms. The Labute approximate surface area is 133 Å². The van der Waals surface area contributed by atoms with Gasteiger partial charge < -0.3 is 0 Å². The van der Waals surface area contributed by atoms with Crippen LogP contribution in [0.2, 0.25) is 15.1 Å². The van der Waals surface area contributed by atoms with Gasteiger partial charge in [-0.15, -0.1) is 0 Å². The molecule has 3 N–H and O–H groups in total. The molecule has 0 amide bonds. The van der Waals surface area contributed by atoms with E-state index >= 15 is 0 Å². The Morgan fingerprint density at radius 3 is 2.50 bits per heavy atom. The molecule has 2 rings (SSSR count). The van der Waals surface area contributed by atoms with Crippen molar-refractivity contribution in [2.45, 2.75) is 19.4 Å². The van der Waals surface area contributed by atoms with Crippen molar-refractivity contribution in [3.63, 3.8) is 0 Å². The predicted octanol–water partition coefficient (Wildman–Crippen LogP) is 4.70. The Bertz CT molecular complexity index is 614. The van der Waals surface area contributed by atoms with Crippen molar-refractivity contribution in [3.8, 4) is 0 Å². The van der Waals surface area contributed by atoms with Gasteiger partial charge in [-0.25, -0.2) is 0 Å². The van der Waals surface area contributed by atoms with Crippen molar-refractivity contribution in [1.29, 1.82) is 0 Å². The van der Waals surface area contributed by atoms with Gasteiger partial charge in [-0.3, -0.25) is 11.3 Å². The fraction of sp³-hybridized carbons (Fsp3) is 0.200. The third kappa shape index (κ3) is 3.46. The zero-order valence-corrected chi connectivity index (χ0v) is 13.2. The maximum Gasteiger partial charge on any atom is 0.0624 e. The minimum absolute atomic E-state index is 0.0538. The van der Waals surface area contributed by atoms with Crippen LogP contribution in [0.3, 0.4) is 0 Å². The number of halogens is 3. The number of hydrogen-bond donors (Lipinski definition) is 2. The summed E-state index contributed by atoms with van der Waals surface area (Å²) in [5.74, 6) is 5.67. The number of aryl methyl sites for hydroxylation is 1. The Balaban J connectivity index is 2.28. The van der Waals surface area contributed by atoms with Gasteiger partial charge in [-0.1, -0.05) is 59.1 Å². The lowest BCUT2D eigenvalue weighted by molar-refractivity contribution is 0.552. The lowest BCUT2D eigenvalue weighted by Crippen LogP contribution is -2.29. The molecule has 0 aliphatic rings. The molecule has 0 saturated heterocycles. The van der Waals surface area contributed by atoms with E-state index in [1.54, 1.807) is 6.07 Å². The molecule has 20 heavy (non-hydrogen) atoms. The van der Waals surface area contributed by atoms with Crippen LogP contribution < -0.4 is 11.3 Å². The monoisotopic (exact) mass is 328 g/mol. The Hall–Kier alpha value is -0.770. The van der Waals surface area contributed by atoms with E-state index in [1.165, 1.54) is 0 Å². The SMILES string of the molecule is Cc1cc(C(Cc2cccc(Cl)c2Cl)NN)ccc1Cl. The molecule has 0 heterocycles. The zero-order chi connectivity index (χ0) is 14.7. The summed E-state index contributed by atoms with van der Waals surface area (Å²) in [5, 5.41) is 1.86. The first-order valence-electron chi connectivity index (χ1n) is 6.18. The summed E-state index contributed by atoms with van der Waals surface area (Å²) in [5.41, 5.74) is 5.84. The standard InChI is InChI=1S/C15H15Cl3N2/c1-9-7-10(5-6-12(9)16)14(20-19)8-11-3-2-4-13(17)15(11)18/h2-7,14,20H,8,19H2,1H3. The normalized spacial score (nSPS) is 12.4. The van der Waals surface area contributed by atoms with E-state index in [2.05, 4.69) is 5.43 Å². The quantitative estimate of drug-likeness (QED) is 0.630. The lowest BCUT2D eigenvalue weighted by atomic mass is 9.98. The number of rotatable bonds is 4. The highest BCUT2D eigenvalue weighted by atomic mass is 35.5. The van der Waals surface area contributed by atoms with Gasteiger partial charge >= 0.3 is 0 Å². The summed E-state index contributed by atoms with van der Waals surface area (Å²) >= 11 is 18.3. The highest BCUT2D eigenvalue weighted by Crippen LogP contribution is 2.30. The van der Waals surface area contributed by atoms with Crippen LogP contribution in [-0.2, 0) is 6.42 Å². The molecule has 5 heteroatoms. The summed E-state index contributed by atoms with van der Waals surface area (Å²) in [4.78, 5) is 0. The summed E-state index contributed by atoms with van der Waals surface area (Å²) in [6, 6.07) is 11.4. The van der Waals surface area contributed by atoms with Crippen LogP contribution in [0.5, 0.6) is 0 Å². The van der Waals surface area contributed by atoms with Crippen molar-refractivity contribution >= 4 is 34.8 Å². The van der Waals surface area contributed by atoms with E-state index in [9.17, 15) is 0 Å². The van der Waals surface area contributed by atoms with Crippen molar-refractivity contribution in [1.82, 2.24) is 5.43 Å². The molecule has 2 nitrogen and oxygen atoms in total. The first-order chi connectivity index (χ1) is 9.52. The molecule has 2 aromatic carbocycles. The highest BCUT2D eigenvalue weighted by molar-refractivity contribution is 6.42. The largest absolute Gasteiger partial charge is 0.271 e. The van der Waals surface area contributed by atoms with Crippen LogP contribution in [0, 0.1) is 6.92 Å². The molecule has 0 aliphatic heterocycles. The predicted molar refractivity (Wildman–Crippen MR) is 86.4 cm³/mol. The summed E-state index contributed by atoms with van der Waals surface area (Å²) in [6.45, 7) is 1.96. The molecule has 0 aliphatic carbocycles. The van der Waals surface area contributed by atoms with Crippen molar-refractivity contribution in [2.24, 2.45) is 5.84 Å². The molecule has 1 atom stereocenters. The second-order valence-electron chi connectivity index (χ2n) is 4.64. The number of hydrogen-bond acceptors (Lipinski definition) is 2. The Morgan fingerprint density at radius 2 is 1.85 bits per heavy atom. The van der Waals surface area contributed by atoms with Crippen LogP contribution in [0.1, 0.15) is 22.7 Å². The van der Waals surface area contributed by atoms with Crippen LogP contribution in [-0.4, -0.2) is 0 Å². The fourth-order valence-electron chi connectivity index (χ4n) is 2.08. The molecule has 1 unspecified atom stereocenters. The van der Waals surface area contributed by atoms with Gasteiger partial charge in [-0.2, -0.15) is 0 Å². The minimum atomic E-state index is -0.0538. The number of nitrogens with one attached hydrogen (secondary N) is 1. The van der Waals surface area contributed by atoms with Gasteiger partial charge in [0.05, 0.1) is 16.1 Å². The number of nitrogens with two attached hydrogens (primary N) is 1. The molecule has 0 radical (unpaired) electrons. The third-order valence-corrected chi connectivity index (χ3v) is 4.52. The van der Waals surface area contributed by atoms with E-state index in [0.717, 1.165) is 21.7 Å². The molecule has 0 saturated carbocycles. The van der Waals surface area contributed by atoms with Crippen molar-refractivity contribution in [2.75, 3.05) is 0 Å². The van der Waals surface area contributed by atoms with Gasteiger partial charge in [0.15, 0.2) is 0 Å². The topological polar surface area (TPSA) is 38.0 Å². The second-order valence-corrected chi connectivity index (χ2v) is 5.84. The molecule has 0 aromatic heterocycles. The average Bonchev–Trinajstić information content (AvgIpc) is 2.44. The zero-order valence-electron chi connectivity index (χ0n) is 11.0. The average molecular weight is 330 g/mol. The second kappa shape index (κ2) is 6.79. The first kappa shape index (κ1) is 15.6. The smallest absolute Gasteiger partial charge is 0.0624 e. The Morgan fingerprint density at radius 1 is 1.10 bits per heavy atom. The summed E-state index contributed by atoms with van der Waals surface area (Å²) in [6.07, 6.45) is 0.650. The van der Waals surface area contributed by atoms with Gasteiger partial charge in [0, 0.05) is 5.02 Å². The Kier molecular flexibility index (Phi) is 5.30. The van der Waals surface area contributed by atoms with E-state index in [4.69, 9.17) is 40.6 Å². The minimum Gasteiger partial charge on any atom is -0.271 e. The van der Waals surface area contributed by atoms with E-state index in [-0.39, 0.29) is 6.04 Å². The van der Waals surface area contributed by atoms with Crippen molar-refractivity contribution in [3.05, 3.63) is 68.2 Å². The van der Waals surface area contributed by atoms with Crippen LogP contribution >= 0.6 is 34.8 Å². The van der Waals surface area contributed by atoms with E-state index in [1.807, 2.05) is 37.3 Å². The van der Waals surface area contributed by atoms with Crippen molar-refractivity contribution < 1.29 is 0 Å². The lowest BCUT2D eigenvalue weighted by Gasteiger charge is -2.18. The highest BCUT2D eigenvalue weighted by Gasteiger charge is 2.14. The van der Waals surface area contributed by atoms with Gasteiger partial charge in [-0.05, 0) is 42.2 Å². The molecular weight excluding hydrogens is 315 g/mol. The van der Waals surface area contributed by atoms with Crippen LogP contribution in [0.15, 0.2) is 36.4 Å². The molecule has 0 spiro atoms. The molecule has 106 valence electrons. The summed E-state index contributed by atoms with van der Waals surface area (Å²) in [7, 11) is 0. The number of benzene rings is 2. The third-order valence-electron chi connectivity index (χ3n) is 3.24. The van der Waals surface area contributed by atoms with Gasteiger partial charge in [0.2, 0.25) is 0 Å².